The van der Waals surface area contributed by atoms with Gasteiger partial charge in [-0.15, -0.1) is 11.3 Å². The highest BCUT2D eigenvalue weighted by molar-refractivity contribution is 9.08. The SMILES string of the molecule is BrCc1ccc2sc(Cc3ccccc3)cc2c1. The Morgan fingerprint density at radius 3 is 2.50 bits per heavy atom. The first-order chi connectivity index (χ1) is 8.85. The lowest BCUT2D eigenvalue weighted by Crippen LogP contribution is -1.81. The molecule has 0 amide bonds. The Hall–Kier alpha value is -1.12. The highest BCUT2D eigenvalue weighted by Gasteiger charge is 2.03. The molecule has 0 bridgehead atoms. The second-order valence-corrected chi connectivity index (χ2v) is 6.11. The van der Waals surface area contributed by atoms with Gasteiger partial charge < -0.3 is 0 Å². The number of thiophene rings is 1. The second-order valence-electron chi connectivity index (χ2n) is 4.38. The smallest absolute Gasteiger partial charge is 0.0345 e. The highest BCUT2D eigenvalue weighted by Crippen LogP contribution is 2.28. The van der Waals surface area contributed by atoms with Crippen LogP contribution in [0.4, 0.5) is 0 Å². The molecule has 0 aliphatic carbocycles. The predicted octanol–water partition coefficient (Wildman–Crippen LogP) is 5.39. The molecule has 0 aliphatic heterocycles. The van der Waals surface area contributed by atoms with Crippen molar-refractivity contribution >= 4 is 37.4 Å². The molecule has 1 heterocycles. The van der Waals surface area contributed by atoms with Gasteiger partial charge in [0.25, 0.3) is 0 Å². The maximum atomic E-state index is 3.51. The molecule has 90 valence electrons. The van der Waals surface area contributed by atoms with Crippen molar-refractivity contribution < 1.29 is 0 Å². The van der Waals surface area contributed by atoms with Crippen LogP contribution in [0.15, 0.2) is 54.6 Å². The van der Waals surface area contributed by atoms with E-state index in [-0.39, 0.29) is 0 Å². The van der Waals surface area contributed by atoms with Crippen LogP contribution in [0.1, 0.15) is 16.0 Å². The first kappa shape index (κ1) is 11.9. The summed E-state index contributed by atoms with van der Waals surface area (Å²) in [6.07, 6.45) is 1.03. The summed E-state index contributed by atoms with van der Waals surface area (Å²) < 4.78 is 1.38. The molecule has 0 spiro atoms. The molecule has 0 nitrogen and oxygen atoms in total. The standard InChI is InChI=1S/C16H13BrS/c17-11-13-6-7-16-14(8-13)10-15(18-16)9-12-4-2-1-3-5-12/h1-8,10H,9,11H2. The molecular formula is C16H13BrS. The molecule has 2 aromatic carbocycles. The lowest BCUT2D eigenvalue weighted by Gasteiger charge is -1.96. The van der Waals surface area contributed by atoms with Crippen molar-refractivity contribution in [2.75, 3.05) is 0 Å². The van der Waals surface area contributed by atoms with E-state index in [4.69, 9.17) is 0 Å². The maximum absolute atomic E-state index is 3.51. The van der Waals surface area contributed by atoms with Crippen molar-refractivity contribution in [1.82, 2.24) is 0 Å². The van der Waals surface area contributed by atoms with E-state index in [9.17, 15) is 0 Å². The van der Waals surface area contributed by atoms with Crippen molar-refractivity contribution in [3.8, 4) is 0 Å². The van der Waals surface area contributed by atoms with E-state index in [0.29, 0.717) is 0 Å². The van der Waals surface area contributed by atoms with E-state index in [2.05, 4.69) is 70.5 Å². The lowest BCUT2D eigenvalue weighted by atomic mass is 10.1. The fraction of sp³-hybridized carbons (Fsp3) is 0.125. The Morgan fingerprint density at radius 2 is 1.72 bits per heavy atom. The van der Waals surface area contributed by atoms with Gasteiger partial charge >= 0.3 is 0 Å². The number of benzene rings is 2. The van der Waals surface area contributed by atoms with E-state index in [0.717, 1.165) is 11.8 Å². The Balaban J connectivity index is 1.94. The topological polar surface area (TPSA) is 0 Å². The van der Waals surface area contributed by atoms with Crippen LogP contribution in [-0.4, -0.2) is 0 Å². The van der Waals surface area contributed by atoms with Crippen molar-refractivity contribution in [2.24, 2.45) is 0 Å². The molecule has 0 atom stereocenters. The van der Waals surface area contributed by atoms with Crippen LogP contribution in [0, 0.1) is 0 Å². The molecule has 18 heavy (non-hydrogen) atoms. The van der Waals surface area contributed by atoms with E-state index in [1.54, 1.807) is 0 Å². The van der Waals surface area contributed by atoms with Crippen molar-refractivity contribution in [2.45, 2.75) is 11.8 Å². The maximum Gasteiger partial charge on any atom is 0.0345 e. The summed E-state index contributed by atoms with van der Waals surface area (Å²) in [5.74, 6) is 0. The van der Waals surface area contributed by atoms with Gasteiger partial charge in [0.1, 0.15) is 0 Å². The van der Waals surface area contributed by atoms with Gasteiger partial charge in [-0.3, -0.25) is 0 Å². The minimum atomic E-state index is 0.923. The van der Waals surface area contributed by atoms with Gasteiger partial charge in [-0.05, 0) is 34.7 Å². The van der Waals surface area contributed by atoms with Crippen LogP contribution in [-0.2, 0) is 11.8 Å². The van der Waals surface area contributed by atoms with Gasteiger partial charge in [0.15, 0.2) is 0 Å². The molecule has 3 aromatic rings. The molecule has 3 rings (SSSR count). The summed E-state index contributed by atoms with van der Waals surface area (Å²) in [6.45, 7) is 0. The largest absolute Gasteiger partial charge is 0.140 e. The Kier molecular flexibility index (Phi) is 3.48. The average molecular weight is 317 g/mol. The zero-order valence-corrected chi connectivity index (χ0v) is 12.3. The fourth-order valence-electron chi connectivity index (χ4n) is 2.12. The van der Waals surface area contributed by atoms with Gasteiger partial charge in [0.05, 0.1) is 0 Å². The minimum Gasteiger partial charge on any atom is -0.140 e. The summed E-state index contributed by atoms with van der Waals surface area (Å²) in [4.78, 5) is 1.43. The summed E-state index contributed by atoms with van der Waals surface area (Å²) >= 11 is 5.40. The van der Waals surface area contributed by atoms with E-state index in [1.165, 1.54) is 26.1 Å². The quantitative estimate of drug-likeness (QED) is 0.568. The molecule has 0 radical (unpaired) electrons. The fourth-order valence-corrected chi connectivity index (χ4v) is 3.54. The summed E-state index contributed by atoms with van der Waals surface area (Å²) in [5, 5.41) is 2.29. The van der Waals surface area contributed by atoms with Crippen LogP contribution in [0.3, 0.4) is 0 Å². The van der Waals surface area contributed by atoms with Crippen LogP contribution >= 0.6 is 27.3 Å². The zero-order chi connectivity index (χ0) is 12.4. The van der Waals surface area contributed by atoms with E-state index in [1.807, 2.05) is 11.3 Å². The number of rotatable bonds is 3. The zero-order valence-electron chi connectivity index (χ0n) is 9.90. The molecule has 2 heteroatoms. The number of hydrogen-bond donors (Lipinski definition) is 0. The van der Waals surface area contributed by atoms with Crippen LogP contribution in [0.5, 0.6) is 0 Å². The van der Waals surface area contributed by atoms with Crippen LogP contribution in [0.25, 0.3) is 10.1 Å². The molecule has 0 aliphatic rings. The highest BCUT2D eigenvalue weighted by atomic mass is 79.9. The molecule has 0 N–H and O–H groups in total. The third kappa shape index (κ3) is 2.50. The van der Waals surface area contributed by atoms with Gasteiger partial charge in [-0.1, -0.05) is 52.3 Å². The van der Waals surface area contributed by atoms with Crippen molar-refractivity contribution in [1.29, 1.82) is 0 Å². The third-order valence-electron chi connectivity index (χ3n) is 3.01. The monoisotopic (exact) mass is 316 g/mol. The molecule has 0 fully saturated rings. The first-order valence-electron chi connectivity index (χ1n) is 5.96. The molecular weight excluding hydrogens is 304 g/mol. The Morgan fingerprint density at radius 1 is 0.889 bits per heavy atom. The van der Waals surface area contributed by atoms with Crippen LogP contribution < -0.4 is 0 Å². The average Bonchev–Trinajstić information content (AvgIpc) is 2.80. The summed E-state index contributed by atoms with van der Waals surface area (Å²) in [5.41, 5.74) is 2.72. The number of fused-ring (bicyclic) bond motifs is 1. The normalized spacial score (nSPS) is 10.9. The van der Waals surface area contributed by atoms with Gasteiger partial charge in [0, 0.05) is 21.3 Å². The number of halogens is 1. The van der Waals surface area contributed by atoms with E-state index >= 15 is 0 Å². The Labute approximate surface area is 119 Å². The number of hydrogen-bond acceptors (Lipinski definition) is 1. The molecule has 0 saturated heterocycles. The summed E-state index contributed by atoms with van der Waals surface area (Å²) in [7, 11) is 0. The predicted molar refractivity (Wildman–Crippen MR) is 83.7 cm³/mol. The Bertz CT molecular complexity index is 655. The van der Waals surface area contributed by atoms with Gasteiger partial charge in [-0.2, -0.15) is 0 Å². The van der Waals surface area contributed by atoms with Crippen LogP contribution in [0.2, 0.25) is 0 Å². The first-order valence-corrected chi connectivity index (χ1v) is 7.90. The third-order valence-corrected chi connectivity index (χ3v) is 4.77. The molecule has 0 unspecified atom stereocenters. The van der Waals surface area contributed by atoms with Crippen molar-refractivity contribution in [3.63, 3.8) is 0 Å². The molecule has 0 saturated carbocycles. The van der Waals surface area contributed by atoms with E-state index < -0.39 is 0 Å². The minimum absolute atomic E-state index is 0.923. The number of alkyl halides is 1. The van der Waals surface area contributed by atoms with Gasteiger partial charge in [0.2, 0.25) is 0 Å². The summed E-state index contributed by atoms with van der Waals surface area (Å²) in [6, 6.07) is 19.7. The van der Waals surface area contributed by atoms with Crippen molar-refractivity contribution in [3.05, 3.63) is 70.6 Å². The molecule has 1 aromatic heterocycles. The van der Waals surface area contributed by atoms with Gasteiger partial charge in [-0.25, -0.2) is 0 Å². The lowest BCUT2D eigenvalue weighted by molar-refractivity contribution is 1.24. The second kappa shape index (κ2) is 5.25.